The summed E-state index contributed by atoms with van der Waals surface area (Å²) in [6, 6.07) is 0. The summed E-state index contributed by atoms with van der Waals surface area (Å²) in [4.78, 5) is 94.6. The number of hydrogen-bond donors (Lipinski definition) is 9. The highest BCUT2D eigenvalue weighted by Crippen LogP contribution is 2.22. The van der Waals surface area contributed by atoms with Crippen LogP contribution in [0.1, 0.15) is 580 Å². The molecular weight excluding hydrogens is 1880 g/mol. The predicted molar refractivity (Wildman–Crippen MR) is 638 cm³/mol. The Morgan fingerprint density at radius 3 is 0.307 bits per heavy atom. The first-order valence-corrected chi connectivity index (χ1v) is 60.8. The van der Waals surface area contributed by atoms with E-state index in [-0.39, 0.29) is 29.8 Å². The number of esters is 5. The smallest absolute Gasteiger partial charge is 0.333 e. The number of hydrogen-bond acceptors (Lipinski definition) is 19. The minimum atomic E-state index is -0.981. The van der Waals surface area contributed by atoms with E-state index in [0.717, 1.165) is 88.5 Å². The van der Waals surface area contributed by atoms with Crippen molar-refractivity contribution in [3.05, 3.63) is 111 Å². The van der Waals surface area contributed by atoms with Crippen molar-refractivity contribution in [1.82, 2.24) is 0 Å². The standard InChI is InChI=1S/5C23H45NO2.4C3H4O2/c5*1-3-4-5-6-7-8-9-10-11-12-13-14-15-16-17-18-21-26-23(25)22(2)19-20-24;4*1-2-3(4)5/h5*2-21,24H2,1H3;4*2H,1H2,(H,4,5). The van der Waals surface area contributed by atoms with Crippen LogP contribution in [0.15, 0.2) is 111 Å². The number of carbonyl (C=O) groups is 9. The number of aliphatic carboxylic acids is 4. The molecule has 0 spiro atoms. The molecule has 0 unspecified atom stereocenters. The summed E-state index contributed by atoms with van der Waals surface area (Å²) in [5, 5.41) is 30.4. The number of unbranched alkanes of at least 4 members (excludes halogenated alkanes) is 75. The molecule has 0 atom stereocenters. The van der Waals surface area contributed by atoms with Crippen molar-refractivity contribution in [2.75, 3.05) is 65.8 Å². The second kappa shape index (κ2) is 146. The molecule has 0 saturated carbocycles. The number of carboxylic acids is 4. The highest BCUT2D eigenvalue weighted by Gasteiger charge is 2.13. The summed E-state index contributed by atoms with van der Waals surface area (Å²) in [5.74, 6) is -5.33. The summed E-state index contributed by atoms with van der Waals surface area (Å²) in [6.45, 7) is 46.5. The van der Waals surface area contributed by atoms with Gasteiger partial charge in [0, 0.05) is 52.2 Å². The van der Waals surface area contributed by atoms with Crippen LogP contribution in [0.4, 0.5) is 0 Å². The van der Waals surface area contributed by atoms with Gasteiger partial charge in [-0.3, -0.25) is 0 Å². The molecule has 0 aliphatic carbocycles. The first-order chi connectivity index (χ1) is 72.7. The molecule has 0 aromatic rings. The second-order valence-electron chi connectivity index (χ2n) is 40.1. The van der Waals surface area contributed by atoms with E-state index in [9.17, 15) is 43.2 Å². The summed E-state index contributed by atoms with van der Waals surface area (Å²) in [6.07, 6.45) is 114. The van der Waals surface area contributed by atoms with Crippen molar-refractivity contribution in [2.24, 2.45) is 28.7 Å². The third kappa shape index (κ3) is 161. The normalized spacial score (nSPS) is 10.3. The maximum Gasteiger partial charge on any atom is 0.333 e. The van der Waals surface area contributed by atoms with Crippen LogP contribution < -0.4 is 28.7 Å². The molecule has 150 heavy (non-hydrogen) atoms. The fourth-order valence-corrected chi connectivity index (χ4v) is 16.0. The highest BCUT2D eigenvalue weighted by atomic mass is 16.5. The van der Waals surface area contributed by atoms with Crippen molar-refractivity contribution in [2.45, 2.75) is 580 Å². The average molecular weight is 2130 g/mol. The molecule has 23 heteroatoms. The molecule has 0 aliphatic rings. The lowest BCUT2D eigenvalue weighted by Gasteiger charge is -2.06. The summed E-state index contributed by atoms with van der Waals surface area (Å²) < 4.78 is 25.9. The van der Waals surface area contributed by atoms with E-state index >= 15 is 0 Å². The van der Waals surface area contributed by atoms with Gasteiger partial charge in [0.05, 0.1) is 33.0 Å². The van der Waals surface area contributed by atoms with Gasteiger partial charge in [0.1, 0.15) is 0 Å². The Morgan fingerprint density at radius 1 is 0.167 bits per heavy atom. The highest BCUT2D eigenvalue weighted by molar-refractivity contribution is 5.89. The van der Waals surface area contributed by atoms with E-state index in [4.69, 9.17) is 72.8 Å². The Morgan fingerprint density at radius 2 is 0.240 bits per heavy atom. The minimum Gasteiger partial charge on any atom is -0.478 e. The van der Waals surface area contributed by atoms with Crippen LogP contribution in [0, 0.1) is 0 Å². The van der Waals surface area contributed by atoms with Gasteiger partial charge in [-0.25, -0.2) is 43.2 Å². The van der Waals surface area contributed by atoms with E-state index in [2.05, 4.69) is 93.8 Å². The Kier molecular flexibility index (Phi) is 156. The molecule has 0 heterocycles. The lowest BCUT2D eigenvalue weighted by atomic mass is 10.0. The molecule has 0 rings (SSSR count). The Labute approximate surface area is 921 Å². The van der Waals surface area contributed by atoms with Gasteiger partial charge in [0.2, 0.25) is 0 Å². The molecule has 0 amide bonds. The number of rotatable bonds is 104. The zero-order valence-electron chi connectivity index (χ0n) is 98.2. The van der Waals surface area contributed by atoms with Gasteiger partial charge in [0.15, 0.2) is 0 Å². The van der Waals surface area contributed by atoms with E-state index in [1.807, 2.05) is 0 Å². The van der Waals surface area contributed by atoms with Gasteiger partial charge in [-0.15, -0.1) is 0 Å². The van der Waals surface area contributed by atoms with Crippen LogP contribution in [0.2, 0.25) is 0 Å². The van der Waals surface area contributed by atoms with Crippen molar-refractivity contribution in [3.8, 4) is 0 Å². The summed E-state index contributed by atoms with van der Waals surface area (Å²) in [7, 11) is 0. The number of carbonyl (C=O) groups excluding carboxylic acids is 5. The van der Waals surface area contributed by atoms with Gasteiger partial charge in [-0.2, -0.15) is 0 Å². The van der Waals surface area contributed by atoms with Crippen LogP contribution in [0.25, 0.3) is 0 Å². The average Bonchev–Trinajstić information content (AvgIpc) is 0.997. The fraction of sp³-hybridized carbons (Fsp3) is 0.787. The summed E-state index contributed by atoms with van der Waals surface area (Å²) >= 11 is 0. The largest absolute Gasteiger partial charge is 0.478 e. The van der Waals surface area contributed by atoms with Crippen molar-refractivity contribution in [3.63, 3.8) is 0 Å². The monoisotopic (exact) mass is 2120 g/mol. The van der Waals surface area contributed by atoms with Gasteiger partial charge in [-0.05, 0) is 96.9 Å². The number of nitrogens with two attached hydrogens (primary N) is 5. The zero-order chi connectivity index (χ0) is 114. The van der Waals surface area contributed by atoms with Gasteiger partial charge < -0.3 is 72.8 Å². The first-order valence-electron chi connectivity index (χ1n) is 60.8. The van der Waals surface area contributed by atoms with Crippen LogP contribution in [-0.4, -0.2) is 140 Å². The molecule has 0 aromatic heterocycles. The molecule has 0 fully saturated rings. The lowest BCUT2D eigenvalue weighted by Crippen LogP contribution is -2.11. The Balaban J connectivity index is -0.000000225. The van der Waals surface area contributed by atoms with Crippen molar-refractivity contribution in [1.29, 1.82) is 0 Å². The lowest BCUT2D eigenvalue weighted by molar-refractivity contribution is -0.140. The van der Waals surface area contributed by atoms with E-state index in [1.165, 1.54) is 449 Å². The van der Waals surface area contributed by atoms with Crippen LogP contribution in [0.5, 0.6) is 0 Å². The fourth-order valence-electron chi connectivity index (χ4n) is 16.0. The van der Waals surface area contributed by atoms with Gasteiger partial charge >= 0.3 is 53.7 Å². The SMILES string of the molecule is C=C(CCN)C(=O)OCCCCCCCCCCCCCCCCCC.C=C(CCN)C(=O)OCCCCCCCCCCCCCCCCCC.C=C(CCN)C(=O)OCCCCCCCCCCCCCCCCCC.C=C(CCN)C(=O)OCCCCCCCCCCCCCCCCCC.C=C(CCN)C(=O)OCCCCCCCCCCCCCCCCCC.C=CC(=O)O.C=CC(=O)O.C=CC(=O)O.C=CC(=O)O. The van der Waals surface area contributed by atoms with Crippen molar-refractivity contribution >= 4 is 53.7 Å². The number of carboxylic acid groups (broad SMARTS) is 4. The van der Waals surface area contributed by atoms with E-state index < -0.39 is 23.9 Å². The molecule has 14 N–H and O–H groups in total. The van der Waals surface area contributed by atoms with Gasteiger partial charge in [-0.1, -0.05) is 575 Å². The predicted octanol–water partition coefficient (Wildman–Crippen LogP) is 34.5. The number of ether oxygens (including phenoxy) is 5. The third-order valence-corrected chi connectivity index (χ3v) is 25.5. The molecule has 0 radical (unpaired) electrons. The maximum atomic E-state index is 11.5. The molecule has 0 bridgehead atoms. The molecule has 882 valence electrons. The molecular formula is C127H241N5O18. The minimum absolute atomic E-state index is 0.281. The molecule has 0 aliphatic heterocycles. The van der Waals surface area contributed by atoms with E-state index in [1.54, 1.807) is 0 Å². The summed E-state index contributed by atoms with van der Waals surface area (Å²) in [5.41, 5.74) is 29.4. The zero-order valence-corrected chi connectivity index (χ0v) is 98.2. The van der Waals surface area contributed by atoms with Crippen LogP contribution >= 0.6 is 0 Å². The molecule has 0 saturated heterocycles. The maximum absolute atomic E-state index is 11.5. The third-order valence-electron chi connectivity index (χ3n) is 25.5. The van der Waals surface area contributed by atoms with Crippen molar-refractivity contribution < 1.29 is 87.3 Å². The second-order valence-corrected chi connectivity index (χ2v) is 40.1. The molecule has 23 nitrogen and oxygen atoms in total. The Bertz CT molecular complexity index is 2590. The van der Waals surface area contributed by atoms with Gasteiger partial charge in [0.25, 0.3) is 0 Å². The van der Waals surface area contributed by atoms with E-state index in [0.29, 0.717) is 126 Å². The van der Waals surface area contributed by atoms with Crippen LogP contribution in [-0.2, 0) is 66.8 Å². The first kappa shape index (κ1) is 160. The quantitative estimate of drug-likeness (QED) is 0.0118. The Hall–Kier alpha value is -7.31. The van der Waals surface area contributed by atoms with Crippen LogP contribution in [0.3, 0.4) is 0 Å². The molecule has 0 aromatic carbocycles. The topological polar surface area (TPSA) is 411 Å².